The van der Waals surface area contributed by atoms with Crippen LogP contribution in [-0.2, 0) is 4.79 Å². The van der Waals surface area contributed by atoms with Crippen LogP contribution in [0.1, 0.15) is 24.4 Å². The van der Waals surface area contributed by atoms with Gasteiger partial charge in [-0.1, -0.05) is 18.2 Å². The van der Waals surface area contributed by atoms with E-state index in [9.17, 15) is 4.79 Å². The van der Waals surface area contributed by atoms with Gasteiger partial charge in [0.1, 0.15) is 17.2 Å². The Kier molecular flexibility index (Phi) is 5.43. The fourth-order valence-electron chi connectivity index (χ4n) is 3.23. The van der Waals surface area contributed by atoms with E-state index in [1.54, 1.807) is 14.2 Å². The van der Waals surface area contributed by atoms with Crippen LogP contribution in [0.3, 0.4) is 0 Å². The van der Waals surface area contributed by atoms with Crippen molar-refractivity contribution < 1.29 is 19.0 Å². The summed E-state index contributed by atoms with van der Waals surface area (Å²) in [6.45, 7) is 0.759. The van der Waals surface area contributed by atoms with Crippen molar-refractivity contribution in [3.8, 4) is 17.2 Å². The number of benzene rings is 2. The van der Waals surface area contributed by atoms with Crippen molar-refractivity contribution in [2.45, 2.75) is 18.9 Å². The van der Waals surface area contributed by atoms with E-state index in [2.05, 4.69) is 0 Å². The van der Waals surface area contributed by atoms with E-state index in [-0.39, 0.29) is 18.6 Å². The predicted molar refractivity (Wildman–Crippen MR) is 95.2 cm³/mol. The van der Waals surface area contributed by atoms with Gasteiger partial charge in [-0.15, -0.1) is 0 Å². The van der Waals surface area contributed by atoms with Crippen LogP contribution in [0.4, 0.5) is 0 Å². The van der Waals surface area contributed by atoms with Crippen molar-refractivity contribution >= 4 is 5.91 Å². The molecular weight excluding hydrogens is 318 g/mol. The standard InChI is InChI=1S/C20H23NO4/c1-23-16-10-11-19(24-2)17(13-16)18-9-6-12-21(18)20(22)14-25-15-7-4-3-5-8-15/h3-5,7-8,10-11,13,18H,6,9,12,14H2,1-2H3. The summed E-state index contributed by atoms with van der Waals surface area (Å²) in [6.07, 6.45) is 1.86. The number of amides is 1. The summed E-state index contributed by atoms with van der Waals surface area (Å²) in [4.78, 5) is 14.6. The lowest BCUT2D eigenvalue weighted by Gasteiger charge is -2.26. The summed E-state index contributed by atoms with van der Waals surface area (Å²) in [7, 11) is 3.28. The predicted octanol–water partition coefficient (Wildman–Crippen LogP) is 3.45. The molecule has 1 saturated heterocycles. The molecule has 1 aliphatic rings. The number of rotatable bonds is 6. The molecule has 0 aliphatic carbocycles. The van der Waals surface area contributed by atoms with E-state index < -0.39 is 0 Å². The van der Waals surface area contributed by atoms with Crippen LogP contribution in [0, 0.1) is 0 Å². The van der Waals surface area contributed by atoms with Gasteiger partial charge in [-0.25, -0.2) is 0 Å². The normalized spacial score (nSPS) is 16.6. The van der Waals surface area contributed by atoms with Crippen LogP contribution in [0.5, 0.6) is 17.2 Å². The van der Waals surface area contributed by atoms with Gasteiger partial charge in [-0.2, -0.15) is 0 Å². The number of ether oxygens (including phenoxy) is 3. The van der Waals surface area contributed by atoms with Crippen molar-refractivity contribution in [3.63, 3.8) is 0 Å². The number of methoxy groups -OCH3 is 2. The minimum Gasteiger partial charge on any atom is -0.497 e. The SMILES string of the molecule is COc1ccc(OC)c(C2CCCN2C(=O)COc2ccccc2)c1. The van der Waals surface area contributed by atoms with Crippen LogP contribution < -0.4 is 14.2 Å². The first kappa shape index (κ1) is 17.1. The molecule has 2 aromatic rings. The third kappa shape index (κ3) is 3.87. The molecule has 0 N–H and O–H groups in total. The number of para-hydroxylation sites is 1. The summed E-state index contributed by atoms with van der Waals surface area (Å²) < 4.78 is 16.4. The van der Waals surface area contributed by atoms with Gasteiger partial charge < -0.3 is 19.1 Å². The van der Waals surface area contributed by atoms with E-state index >= 15 is 0 Å². The van der Waals surface area contributed by atoms with Crippen molar-refractivity contribution in [3.05, 3.63) is 54.1 Å². The molecule has 5 nitrogen and oxygen atoms in total. The first-order valence-corrected chi connectivity index (χ1v) is 8.42. The first-order chi connectivity index (χ1) is 12.2. The summed E-state index contributed by atoms with van der Waals surface area (Å²) >= 11 is 0. The molecule has 2 aromatic carbocycles. The second-order valence-electron chi connectivity index (χ2n) is 5.95. The van der Waals surface area contributed by atoms with Crippen LogP contribution in [0.2, 0.25) is 0 Å². The van der Waals surface area contributed by atoms with Crippen molar-refractivity contribution in [2.75, 3.05) is 27.4 Å². The minimum absolute atomic E-state index is 0.0167. The highest BCUT2D eigenvalue weighted by atomic mass is 16.5. The van der Waals surface area contributed by atoms with Crippen LogP contribution in [0.15, 0.2) is 48.5 Å². The molecule has 0 bridgehead atoms. The Morgan fingerprint density at radius 3 is 2.60 bits per heavy atom. The van der Waals surface area contributed by atoms with Crippen LogP contribution >= 0.6 is 0 Å². The average molecular weight is 341 g/mol. The molecule has 25 heavy (non-hydrogen) atoms. The van der Waals surface area contributed by atoms with Crippen LogP contribution in [-0.4, -0.2) is 38.2 Å². The van der Waals surface area contributed by atoms with E-state index in [0.717, 1.165) is 36.4 Å². The Labute approximate surface area is 148 Å². The lowest BCUT2D eigenvalue weighted by molar-refractivity contribution is -0.134. The summed E-state index contributed by atoms with van der Waals surface area (Å²) in [5.41, 5.74) is 0.979. The third-order valence-corrected chi connectivity index (χ3v) is 4.47. The molecule has 132 valence electrons. The number of carbonyl (C=O) groups is 1. The maximum atomic E-state index is 12.7. The van der Waals surface area contributed by atoms with Gasteiger partial charge in [-0.3, -0.25) is 4.79 Å². The fourth-order valence-corrected chi connectivity index (χ4v) is 3.23. The minimum atomic E-state index is -0.0174. The van der Waals surface area contributed by atoms with Gasteiger partial charge in [0, 0.05) is 12.1 Å². The zero-order valence-corrected chi connectivity index (χ0v) is 14.6. The Bertz CT molecular complexity index is 717. The molecule has 0 aromatic heterocycles. The number of hydrogen-bond acceptors (Lipinski definition) is 4. The fraction of sp³-hybridized carbons (Fsp3) is 0.350. The maximum absolute atomic E-state index is 12.7. The largest absolute Gasteiger partial charge is 0.497 e. The molecule has 0 saturated carbocycles. The van der Waals surface area contributed by atoms with E-state index in [0.29, 0.717) is 5.75 Å². The summed E-state index contributed by atoms with van der Waals surface area (Å²) in [5, 5.41) is 0. The molecule has 0 spiro atoms. The third-order valence-electron chi connectivity index (χ3n) is 4.47. The second kappa shape index (κ2) is 7.92. The molecule has 1 heterocycles. The monoisotopic (exact) mass is 341 g/mol. The van der Waals surface area contributed by atoms with E-state index in [1.807, 2.05) is 53.4 Å². The maximum Gasteiger partial charge on any atom is 0.261 e. The zero-order valence-electron chi connectivity index (χ0n) is 14.6. The quantitative estimate of drug-likeness (QED) is 0.807. The second-order valence-corrected chi connectivity index (χ2v) is 5.95. The Morgan fingerprint density at radius 1 is 1.08 bits per heavy atom. The van der Waals surface area contributed by atoms with Gasteiger partial charge in [-0.05, 0) is 43.2 Å². The average Bonchev–Trinajstić information content (AvgIpc) is 3.16. The lowest BCUT2D eigenvalue weighted by Crippen LogP contribution is -2.34. The molecule has 3 rings (SSSR count). The van der Waals surface area contributed by atoms with Crippen molar-refractivity contribution in [2.24, 2.45) is 0 Å². The van der Waals surface area contributed by atoms with Crippen molar-refractivity contribution in [1.29, 1.82) is 0 Å². The highest BCUT2D eigenvalue weighted by Gasteiger charge is 2.32. The smallest absolute Gasteiger partial charge is 0.261 e. The Balaban J connectivity index is 1.75. The van der Waals surface area contributed by atoms with E-state index in [1.165, 1.54) is 0 Å². The van der Waals surface area contributed by atoms with Gasteiger partial charge in [0.2, 0.25) is 0 Å². The zero-order chi connectivity index (χ0) is 17.6. The number of likely N-dealkylation sites (tertiary alicyclic amines) is 1. The molecule has 0 radical (unpaired) electrons. The van der Waals surface area contributed by atoms with Gasteiger partial charge in [0.15, 0.2) is 6.61 Å². The molecule has 1 amide bonds. The molecular formula is C20H23NO4. The Hall–Kier alpha value is -2.69. The Morgan fingerprint density at radius 2 is 1.88 bits per heavy atom. The topological polar surface area (TPSA) is 48.0 Å². The van der Waals surface area contributed by atoms with Crippen LogP contribution in [0.25, 0.3) is 0 Å². The summed E-state index contributed by atoms with van der Waals surface area (Å²) in [5.74, 6) is 2.21. The number of carbonyl (C=O) groups excluding carboxylic acids is 1. The van der Waals surface area contributed by atoms with Gasteiger partial charge in [0.25, 0.3) is 5.91 Å². The lowest BCUT2D eigenvalue weighted by atomic mass is 10.0. The number of nitrogens with zero attached hydrogens (tertiary/aromatic N) is 1. The molecule has 1 atom stereocenters. The molecule has 1 fully saturated rings. The van der Waals surface area contributed by atoms with Gasteiger partial charge in [0.05, 0.1) is 20.3 Å². The molecule has 5 heteroatoms. The first-order valence-electron chi connectivity index (χ1n) is 8.42. The highest BCUT2D eigenvalue weighted by Crippen LogP contribution is 2.38. The summed E-state index contributed by atoms with van der Waals surface area (Å²) in [6, 6.07) is 15.1. The molecule has 1 unspecified atom stereocenters. The highest BCUT2D eigenvalue weighted by molar-refractivity contribution is 5.78. The number of hydrogen-bond donors (Lipinski definition) is 0. The van der Waals surface area contributed by atoms with E-state index in [4.69, 9.17) is 14.2 Å². The molecule has 1 aliphatic heterocycles. The van der Waals surface area contributed by atoms with Gasteiger partial charge >= 0.3 is 0 Å². The van der Waals surface area contributed by atoms with Crippen molar-refractivity contribution in [1.82, 2.24) is 4.90 Å².